The van der Waals surface area contributed by atoms with Crippen molar-refractivity contribution in [2.45, 2.75) is 20.3 Å². The summed E-state index contributed by atoms with van der Waals surface area (Å²) in [6.45, 7) is 5.97. The highest BCUT2D eigenvalue weighted by Crippen LogP contribution is 2.32. The molecular weight excluding hydrogens is 356 g/mol. The summed E-state index contributed by atoms with van der Waals surface area (Å²) in [5, 5.41) is 0. The molecule has 1 fully saturated rings. The summed E-state index contributed by atoms with van der Waals surface area (Å²) >= 11 is 3.49. The number of carbonyl (C=O) groups is 1. The van der Waals surface area contributed by atoms with Crippen LogP contribution in [0.5, 0.6) is 0 Å². The Balaban J connectivity index is 1.82. The lowest BCUT2D eigenvalue weighted by atomic mass is 9.92. The van der Waals surface area contributed by atoms with Gasteiger partial charge in [0.2, 0.25) is 0 Å². The molecule has 1 aliphatic rings. The molecule has 1 aromatic carbocycles. The molecule has 2 aromatic rings. The molecular formula is C18H21BrN2O2. The largest absolute Gasteiger partial charge is 0.451 e. The number of furan rings is 1. The van der Waals surface area contributed by atoms with Gasteiger partial charge in [0, 0.05) is 28.8 Å². The van der Waals surface area contributed by atoms with Crippen LogP contribution < -0.4 is 5.73 Å². The van der Waals surface area contributed by atoms with Gasteiger partial charge in [0.15, 0.2) is 5.76 Å². The Labute approximate surface area is 144 Å². The summed E-state index contributed by atoms with van der Waals surface area (Å²) in [5.74, 6) is 2.09. The van der Waals surface area contributed by atoms with Gasteiger partial charge in [0.1, 0.15) is 5.76 Å². The van der Waals surface area contributed by atoms with Gasteiger partial charge in [-0.3, -0.25) is 4.79 Å². The number of nitrogen functional groups attached to an aromatic ring is 1. The number of rotatable bonds is 2. The average molecular weight is 377 g/mol. The van der Waals surface area contributed by atoms with Crippen LogP contribution in [0.4, 0.5) is 5.69 Å². The SMILES string of the molecule is C[C@H]1C[C@H](C)CN(C(=O)c2ccc(-c3ccc(N)cc3Br)o2)C1. The lowest BCUT2D eigenvalue weighted by Crippen LogP contribution is -2.42. The fraction of sp³-hybridized carbons (Fsp3) is 0.389. The maximum Gasteiger partial charge on any atom is 0.289 e. The Morgan fingerprint density at radius 3 is 2.57 bits per heavy atom. The molecule has 4 nitrogen and oxygen atoms in total. The number of benzene rings is 1. The monoisotopic (exact) mass is 376 g/mol. The van der Waals surface area contributed by atoms with Gasteiger partial charge in [0.25, 0.3) is 5.91 Å². The molecule has 0 saturated carbocycles. The maximum absolute atomic E-state index is 12.7. The number of carbonyl (C=O) groups excluding carboxylic acids is 1. The number of amides is 1. The normalized spacial score (nSPS) is 21.4. The average Bonchev–Trinajstić information content (AvgIpc) is 2.95. The van der Waals surface area contributed by atoms with Gasteiger partial charge in [-0.25, -0.2) is 0 Å². The second kappa shape index (κ2) is 6.40. The second-order valence-electron chi connectivity index (χ2n) is 6.56. The molecule has 0 radical (unpaired) electrons. The first-order valence-corrected chi connectivity index (χ1v) is 8.68. The van der Waals surface area contributed by atoms with E-state index >= 15 is 0 Å². The third-order valence-electron chi connectivity index (χ3n) is 4.23. The minimum Gasteiger partial charge on any atom is -0.451 e. The Kier molecular flexibility index (Phi) is 4.48. The van der Waals surface area contributed by atoms with Gasteiger partial charge in [-0.05, 0) is 64.5 Å². The summed E-state index contributed by atoms with van der Waals surface area (Å²) in [6.07, 6.45) is 1.17. The minimum atomic E-state index is -0.0267. The van der Waals surface area contributed by atoms with Crippen LogP contribution in [-0.4, -0.2) is 23.9 Å². The lowest BCUT2D eigenvalue weighted by molar-refractivity contribution is 0.0592. The first-order chi connectivity index (χ1) is 10.9. The number of likely N-dealkylation sites (tertiary alicyclic amines) is 1. The molecule has 2 atom stereocenters. The highest BCUT2D eigenvalue weighted by molar-refractivity contribution is 9.10. The first kappa shape index (κ1) is 16.1. The van der Waals surface area contributed by atoms with Crippen LogP contribution in [0.1, 0.15) is 30.8 Å². The Morgan fingerprint density at radius 1 is 1.22 bits per heavy atom. The van der Waals surface area contributed by atoms with Crippen molar-refractivity contribution in [3.8, 4) is 11.3 Å². The van der Waals surface area contributed by atoms with Crippen molar-refractivity contribution in [1.29, 1.82) is 0 Å². The van der Waals surface area contributed by atoms with Gasteiger partial charge < -0.3 is 15.1 Å². The molecule has 0 unspecified atom stereocenters. The highest BCUT2D eigenvalue weighted by Gasteiger charge is 2.27. The van der Waals surface area contributed by atoms with Crippen LogP contribution >= 0.6 is 15.9 Å². The fourth-order valence-electron chi connectivity index (χ4n) is 3.31. The number of nitrogens with two attached hydrogens (primary N) is 1. The van der Waals surface area contributed by atoms with E-state index in [1.165, 1.54) is 6.42 Å². The number of anilines is 1. The fourth-order valence-corrected chi connectivity index (χ4v) is 3.91. The van der Waals surface area contributed by atoms with Crippen LogP contribution in [0.3, 0.4) is 0 Å². The van der Waals surface area contributed by atoms with E-state index in [0.717, 1.165) is 23.1 Å². The molecule has 0 spiro atoms. The number of piperidine rings is 1. The van der Waals surface area contributed by atoms with Crippen molar-refractivity contribution in [2.75, 3.05) is 18.8 Å². The Hall–Kier alpha value is -1.75. The zero-order chi connectivity index (χ0) is 16.6. The van der Waals surface area contributed by atoms with E-state index in [2.05, 4.69) is 29.8 Å². The third kappa shape index (κ3) is 3.44. The van der Waals surface area contributed by atoms with Crippen LogP contribution in [0.15, 0.2) is 39.2 Å². The number of halogens is 1. The van der Waals surface area contributed by atoms with Gasteiger partial charge in [-0.2, -0.15) is 0 Å². The van der Waals surface area contributed by atoms with E-state index in [9.17, 15) is 4.79 Å². The molecule has 1 saturated heterocycles. The summed E-state index contributed by atoms with van der Waals surface area (Å²) in [5.41, 5.74) is 7.33. The van der Waals surface area contributed by atoms with E-state index in [1.807, 2.05) is 29.2 Å². The second-order valence-corrected chi connectivity index (χ2v) is 7.41. The van der Waals surface area contributed by atoms with E-state index in [0.29, 0.717) is 29.0 Å². The number of hydrogen-bond donors (Lipinski definition) is 1. The van der Waals surface area contributed by atoms with Crippen molar-refractivity contribution in [2.24, 2.45) is 11.8 Å². The number of hydrogen-bond acceptors (Lipinski definition) is 3. The molecule has 23 heavy (non-hydrogen) atoms. The van der Waals surface area contributed by atoms with Crippen LogP contribution in [0.25, 0.3) is 11.3 Å². The molecule has 1 aromatic heterocycles. The van der Waals surface area contributed by atoms with E-state index in [-0.39, 0.29) is 5.91 Å². The smallest absolute Gasteiger partial charge is 0.289 e. The van der Waals surface area contributed by atoms with Gasteiger partial charge >= 0.3 is 0 Å². The Morgan fingerprint density at radius 2 is 1.91 bits per heavy atom. The molecule has 1 aliphatic heterocycles. The number of nitrogens with zero attached hydrogens (tertiary/aromatic N) is 1. The minimum absolute atomic E-state index is 0.0267. The van der Waals surface area contributed by atoms with Gasteiger partial charge in [0.05, 0.1) is 0 Å². The van der Waals surface area contributed by atoms with Crippen LogP contribution in [0.2, 0.25) is 0 Å². The maximum atomic E-state index is 12.7. The highest BCUT2D eigenvalue weighted by atomic mass is 79.9. The first-order valence-electron chi connectivity index (χ1n) is 7.88. The van der Waals surface area contributed by atoms with Crippen LogP contribution in [-0.2, 0) is 0 Å². The summed E-state index contributed by atoms with van der Waals surface area (Å²) in [4.78, 5) is 14.6. The van der Waals surface area contributed by atoms with Gasteiger partial charge in [-0.1, -0.05) is 13.8 Å². The third-order valence-corrected chi connectivity index (χ3v) is 4.89. The summed E-state index contributed by atoms with van der Waals surface area (Å²) in [7, 11) is 0. The summed E-state index contributed by atoms with van der Waals surface area (Å²) in [6, 6.07) is 9.12. The molecule has 2 N–H and O–H groups in total. The molecule has 2 heterocycles. The molecule has 1 amide bonds. The quantitative estimate of drug-likeness (QED) is 0.789. The molecule has 0 aliphatic carbocycles. The molecule has 122 valence electrons. The predicted octanol–water partition coefficient (Wildman–Crippen LogP) is 4.41. The van der Waals surface area contributed by atoms with Crippen molar-refractivity contribution in [3.05, 3.63) is 40.6 Å². The molecule has 5 heteroatoms. The Bertz CT molecular complexity index is 716. The standard InChI is InChI=1S/C18H21BrN2O2/c1-11-7-12(2)10-21(9-11)18(22)17-6-5-16(23-17)14-4-3-13(20)8-15(14)19/h3-6,8,11-12H,7,9-10,20H2,1-2H3/t11-,12-/m0/s1. The molecule has 0 bridgehead atoms. The topological polar surface area (TPSA) is 59.5 Å². The summed E-state index contributed by atoms with van der Waals surface area (Å²) < 4.78 is 6.67. The van der Waals surface area contributed by atoms with Gasteiger partial charge in [-0.15, -0.1) is 0 Å². The zero-order valence-corrected chi connectivity index (χ0v) is 15.0. The van der Waals surface area contributed by atoms with Crippen molar-refractivity contribution in [1.82, 2.24) is 4.90 Å². The predicted molar refractivity (Wildman–Crippen MR) is 95.1 cm³/mol. The van der Waals surface area contributed by atoms with E-state index in [4.69, 9.17) is 10.2 Å². The zero-order valence-electron chi connectivity index (χ0n) is 13.4. The molecule has 3 rings (SSSR count). The van der Waals surface area contributed by atoms with E-state index in [1.54, 1.807) is 6.07 Å². The van der Waals surface area contributed by atoms with Crippen LogP contribution in [0, 0.1) is 11.8 Å². The van der Waals surface area contributed by atoms with Crippen molar-refractivity contribution >= 4 is 27.5 Å². The van der Waals surface area contributed by atoms with Crippen molar-refractivity contribution in [3.63, 3.8) is 0 Å². The van der Waals surface area contributed by atoms with E-state index < -0.39 is 0 Å². The lowest BCUT2D eigenvalue weighted by Gasteiger charge is -2.34. The van der Waals surface area contributed by atoms with Crippen molar-refractivity contribution < 1.29 is 9.21 Å².